The summed E-state index contributed by atoms with van der Waals surface area (Å²) in [7, 11) is 1.60. The van der Waals surface area contributed by atoms with Crippen molar-refractivity contribution in [1.29, 1.82) is 0 Å². The molecule has 0 aliphatic heterocycles. The second kappa shape index (κ2) is 7.76. The van der Waals surface area contributed by atoms with Gasteiger partial charge in [0.1, 0.15) is 0 Å². The van der Waals surface area contributed by atoms with Gasteiger partial charge in [0.25, 0.3) is 5.91 Å². The highest BCUT2D eigenvalue weighted by molar-refractivity contribution is 7.99. The third-order valence-corrected chi connectivity index (χ3v) is 3.19. The van der Waals surface area contributed by atoms with Crippen molar-refractivity contribution < 1.29 is 14.3 Å². The topological polar surface area (TPSA) is 55.4 Å². The largest absolute Gasteiger partial charge is 0.465 e. The molecule has 0 spiro atoms. The molecule has 0 heterocycles. The van der Waals surface area contributed by atoms with Gasteiger partial charge in [0.2, 0.25) is 0 Å². The Morgan fingerprint density at radius 2 is 2.17 bits per heavy atom. The first kappa shape index (κ1) is 14.6. The maximum absolute atomic E-state index is 11.4. The lowest BCUT2D eigenvalue weighted by Gasteiger charge is -2.04. The van der Waals surface area contributed by atoms with Crippen LogP contribution in [0.15, 0.2) is 24.3 Å². The van der Waals surface area contributed by atoms with Crippen molar-refractivity contribution >= 4 is 23.6 Å². The molecule has 0 fully saturated rings. The molecule has 18 heavy (non-hydrogen) atoms. The minimum absolute atomic E-state index is 0.104. The molecular formula is C13H17NO3S. The maximum atomic E-state index is 11.4. The number of carbonyl (C=O) groups is 2. The van der Waals surface area contributed by atoms with Crippen molar-refractivity contribution in [3.05, 3.63) is 35.4 Å². The molecule has 0 aliphatic rings. The molecule has 0 atom stereocenters. The Balaban J connectivity index is 2.47. The molecule has 4 nitrogen and oxygen atoms in total. The predicted octanol–water partition coefficient (Wildman–Crippen LogP) is 1.84. The lowest BCUT2D eigenvalue weighted by molar-refractivity contribution is -0.139. The van der Waals surface area contributed by atoms with E-state index < -0.39 is 0 Å². The Labute approximate surface area is 111 Å². The van der Waals surface area contributed by atoms with Gasteiger partial charge in [-0.25, -0.2) is 0 Å². The smallest absolute Gasteiger partial charge is 0.315 e. The van der Waals surface area contributed by atoms with Gasteiger partial charge in [-0.2, -0.15) is 0 Å². The van der Waals surface area contributed by atoms with Gasteiger partial charge in [-0.05, 0) is 24.6 Å². The van der Waals surface area contributed by atoms with Crippen LogP contribution in [-0.4, -0.2) is 31.3 Å². The first-order valence-electron chi connectivity index (χ1n) is 5.71. The standard InChI is InChI=1S/C13H17NO3S/c1-3-17-12(15)9-18-8-10-5-4-6-11(7-10)13(16)14-2/h4-7H,3,8-9H2,1-2H3,(H,14,16). The predicted molar refractivity (Wildman–Crippen MR) is 72.6 cm³/mol. The Morgan fingerprint density at radius 1 is 1.39 bits per heavy atom. The summed E-state index contributed by atoms with van der Waals surface area (Å²) in [5.74, 6) is 0.707. The zero-order chi connectivity index (χ0) is 13.4. The SMILES string of the molecule is CCOC(=O)CSCc1cccc(C(=O)NC)c1. The van der Waals surface area contributed by atoms with Gasteiger partial charge >= 0.3 is 5.97 Å². The highest BCUT2D eigenvalue weighted by Crippen LogP contribution is 2.14. The number of benzene rings is 1. The number of ether oxygens (including phenoxy) is 1. The number of hydrogen-bond acceptors (Lipinski definition) is 4. The van der Waals surface area contributed by atoms with E-state index in [-0.39, 0.29) is 11.9 Å². The molecule has 0 unspecified atom stereocenters. The van der Waals surface area contributed by atoms with Crippen molar-refractivity contribution in [2.24, 2.45) is 0 Å². The van der Waals surface area contributed by atoms with Gasteiger partial charge in [-0.15, -0.1) is 11.8 Å². The van der Waals surface area contributed by atoms with Crippen LogP contribution in [0.5, 0.6) is 0 Å². The molecular weight excluding hydrogens is 250 g/mol. The summed E-state index contributed by atoms with van der Waals surface area (Å²) in [5, 5.41) is 2.58. The molecule has 5 heteroatoms. The first-order valence-corrected chi connectivity index (χ1v) is 6.87. The third-order valence-electron chi connectivity index (χ3n) is 2.21. The monoisotopic (exact) mass is 267 g/mol. The minimum Gasteiger partial charge on any atom is -0.465 e. The van der Waals surface area contributed by atoms with Gasteiger partial charge < -0.3 is 10.1 Å². The van der Waals surface area contributed by atoms with Gasteiger partial charge in [-0.3, -0.25) is 9.59 Å². The molecule has 1 N–H and O–H groups in total. The van der Waals surface area contributed by atoms with Crippen LogP contribution in [0.1, 0.15) is 22.8 Å². The van der Waals surface area contributed by atoms with Gasteiger partial charge in [0.05, 0.1) is 12.4 Å². The van der Waals surface area contributed by atoms with E-state index in [1.165, 1.54) is 11.8 Å². The van der Waals surface area contributed by atoms with E-state index in [0.717, 1.165) is 5.56 Å². The molecule has 0 aromatic heterocycles. The summed E-state index contributed by atoms with van der Waals surface area (Å²) < 4.78 is 4.84. The molecule has 1 rings (SSSR count). The van der Waals surface area contributed by atoms with Crippen LogP contribution >= 0.6 is 11.8 Å². The number of esters is 1. The van der Waals surface area contributed by atoms with E-state index in [1.54, 1.807) is 20.0 Å². The minimum atomic E-state index is -0.204. The van der Waals surface area contributed by atoms with Gasteiger partial charge in [-0.1, -0.05) is 12.1 Å². The normalized spacial score (nSPS) is 9.89. The summed E-state index contributed by atoms with van der Waals surface area (Å²) in [6.07, 6.45) is 0. The van der Waals surface area contributed by atoms with Crippen molar-refractivity contribution in [3.8, 4) is 0 Å². The van der Waals surface area contributed by atoms with E-state index in [2.05, 4.69) is 5.32 Å². The highest BCUT2D eigenvalue weighted by Gasteiger charge is 2.05. The summed E-state index contributed by atoms with van der Waals surface area (Å²) in [6, 6.07) is 7.37. The van der Waals surface area contributed by atoms with E-state index in [4.69, 9.17) is 4.74 Å². The van der Waals surface area contributed by atoms with Crippen molar-refractivity contribution in [2.75, 3.05) is 19.4 Å². The number of rotatable bonds is 6. The van der Waals surface area contributed by atoms with Crippen LogP contribution in [0.2, 0.25) is 0 Å². The third kappa shape index (κ3) is 4.79. The molecule has 0 radical (unpaired) electrons. The zero-order valence-electron chi connectivity index (χ0n) is 10.6. The maximum Gasteiger partial charge on any atom is 0.315 e. The molecule has 1 aromatic carbocycles. The number of carbonyl (C=O) groups excluding carboxylic acids is 2. The lowest BCUT2D eigenvalue weighted by atomic mass is 10.1. The van der Waals surface area contributed by atoms with Crippen LogP contribution in [0.25, 0.3) is 0 Å². The number of hydrogen-bond donors (Lipinski definition) is 1. The Morgan fingerprint density at radius 3 is 2.83 bits per heavy atom. The number of amides is 1. The zero-order valence-corrected chi connectivity index (χ0v) is 11.4. The second-order valence-electron chi connectivity index (χ2n) is 3.58. The first-order chi connectivity index (χ1) is 8.67. The average molecular weight is 267 g/mol. The molecule has 0 bridgehead atoms. The van der Waals surface area contributed by atoms with E-state index in [1.807, 2.05) is 18.2 Å². The quantitative estimate of drug-likeness (QED) is 0.799. The van der Waals surface area contributed by atoms with Gasteiger partial charge in [0.15, 0.2) is 0 Å². The van der Waals surface area contributed by atoms with Crippen molar-refractivity contribution in [3.63, 3.8) is 0 Å². The van der Waals surface area contributed by atoms with Crippen LogP contribution in [0.3, 0.4) is 0 Å². The number of thioether (sulfide) groups is 1. The fourth-order valence-corrected chi connectivity index (χ4v) is 2.17. The Kier molecular flexibility index (Phi) is 6.28. The van der Waals surface area contributed by atoms with Crippen LogP contribution < -0.4 is 5.32 Å². The van der Waals surface area contributed by atoms with Crippen LogP contribution in [0.4, 0.5) is 0 Å². The molecule has 1 aromatic rings. The Bertz CT molecular complexity index is 420. The Hall–Kier alpha value is -1.49. The summed E-state index contributed by atoms with van der Waals surface area (Å²) in [4.78, 5) is 22.6. The van der Waals surface area contributed by atoms with E-state index in [0.29, 0.717) is 23.7 Å². The summed E-state index contributed by atoms with van der Waals surface area (Å²) >= 11 is 1.48. The van der Waals surface area contributed by atoms with E-state index >= 15 is 0 Å². The van der Waals surface area contributed by atoms with Crippen molar-refractivity contribution in [1.82, 2.24) is 5.32 Å². The van der Waals surface area contributed by atoms with E-state index in [9.17, 15) is 9.59 Å². The fraction of sp³-hybridized carbons (Fsp3) is 0.385. The van der Waals surface area contributed by atoms with Gasteiger partial charge in [0, 0.05) is 18.4 Å². The fourth-order valence-electron chi connectivity index (χ4n) is 1.40. The summed E-state index contributed by atoms with van der Waals surface area (Å²) in [5.41, 5.74) is 1.65. The van der Waals surface area contributed by atoms with Crippen molar-refractivity contribution in [2.45, 2.75) is 12.7 Å². The highest BCUT2D eigenvalue weighted by atomic mass is 32.2. The molecule has 1 amide bonds. The number of nitrogens with one attached hydrogen (secondary N) is 1. The van der Waals surface area contributed by atoms with Crippen LogP contribution in [0, 0.1) is 0 Å². The average Bonchev–Trinajstić information content (AvgIpc) is 2.38. The molecule has 0 saturated carbocycles. The van der Waals surface area contributed by atoms with Crippen LogP contribution in [-0.2, 0) is 15.3 Å². The lowest BCUT2D eigenvalue weighted by Crippen LogP contribution is -2.17. The second-order valence-corrected chi connectivity index (χ2v) is 4.56. The summed E-state index contributed by atoms with van der Waals surface area (Å²) in [6.45, 7) is 2.20. The molecule has 98 valence electrons. The molecule has 0 saturated heterocycles. The molecule has 0 aliphatic carbocycles.